The number of amides is 2. The van der Waals surface area contributed by atoms with Crippen LogP contribution in [0.25, 0.3) is 0 Å². The predicted molar refractivity (Wildman–Crippen MR) is 130 cm³/mol. The maximum absolute atomic E-state index is 13.5. The van der Waals surface area contributed by atoms with Gasteiger partial charge in [0.2, 0.25) is 5.91 Å². The van der Waals surface area contributed by atoms with Crippen molar-refractivity contribution in [2.75, 3.05) is 20.3 Å². The largest absolute Gasteiger partial charge is 0.494 e. The zero-order valence-corrected chi connectivity index (χ0v) is 21.1. The fourth-order valence-corrected chi connectivity index (χ4v) is 3.69. The van der Waals surface area contributed by atoms with Gasteiger partial charge in [0.15, 0.2) is 0 Å². The number of halogens is 1. The number of primary amides is 1. The number of nitrogens with one attached hydrogen (secondary N) is 1. The molecule has 3 N–H and O–H groups in total. The Bertz CT molecular complexity index is 1050. The van der Waals surface area contributed by atoms with E-state index in [0.717, 1.165) is 0 Å². The molecule has 1 saturated heterocycles. The van der Waals surface area contributed by atoms with E-state index in [4.69, 9.17) is 24.5 Å². The highest BCUT2D eigenvalue weighted by Gasteiger charge is 2.54. The normalized spacial score (nSPS) is 17.9. The van der Waals surface area contributed by atoms with Crippen molar-refractivity contribution in [2.45, 2.75) is 57.2 Å². The van der Waals surface area contributed by atoms with Crippen LogP contribution in [0.15, 0.2) is 36.7 Å². The van der Waals surface area contributed by atoms with Crippen LogP contribution in [0.2, 0.25) is 0 Å². The molecule has 0 radical (unpaired) electrons. The molecule has 0 aliphatic carbocycles. The molecule has 2 heterocycles. The number of hydrogen-bond acceptors (Lipinski definition) is 8. The Labute approximate surface area is 210 Å². The maximum Gasteiger partial charge on any atom is 0.481 e. The van der Waals surface area contributed by atoms with E-state index >= 15 is 0 Å². The molecule has 1 aromatic heterocycles. The molecule has 1 fully saturated rings. The molecule has 2 aromatic rings. The van der Waals surface area contributed by atoms with Crippen LogP contribution in [-0.2, 0) is 18.8 Å². The lowest BCUT2D eigenvalue weighted by molar-refractivity contribution is -0.124. The van der Waals surface area contributed by atoms with Gasteiger partial charge in [-0.2, -0.15) is 0 Å². The van der Waals surface area contributed by atoms with Crippen molar-refractivity contribution in [3.8, 4) is 5.75 Å². The van der Waals surface area contributed by atoms with Gasteiger partial charge >= 0.3 is 7.12 Å². The average Bonchev–Trinajstić information content (AvgIpc) is 3.04. The number of carbonyl (C=O) groups is 2. The van der Waals surface area contributed by atoms with Gasteiger partial charge < -0.3 is 29.8 Å². The second kappa shape index (κ2) is 11.3. The quantitative estimate of drug-likeness (QED) is 0.446. The zero-order chi connectivity index (χ0) is 26.5. The fraction of sp³-hybridized carbons (Fsp3) is 0.500. The molecule has 10 nitrogen and oxygen atoms in total. The van der Waals surface area contributed by atoms with E-state index in [2.05, 4.69) is 15.3 Å². The minimum Gasteiger partial charge on any atom is -0.494 e. The van der Waals surface area contributed by atoms with E-state index in [0.29, 0.717) is 12.2 Å². The molecule has 0 bridgehead atoms. The van der Waals surface area contributed by atoms with E-state index in [-0.39, 0.29) is 30.4 Å². The van der Waals surface area contributed by atoms with Crippen LogP contribution in [0.5, 0.6) is 5.75 Å². The highest BCUT2D eigenvalue weighted by molar-refractivity contribution is 6.48. The van der Waals surface area contributed by atoms with Crippen molar-refractivity contribution in [3.63, 3.8) is 0 Å². The van der Waals surface area contributed by atoms with E-state index in [1.54, 1.807) is 0 Å². The van der Waals surface area contributed by atoms with Crippen LogP contribution in [0, 0.1) is 5.82 Å². The summed E-state index contributed by atoms with van der Waals surface area (Å²) in [6.07, 6.45) is 3.01. The minimum absolute atomic E-state index is 0.0625. The number of nitrogens with two attached hydrogens (primary N) is 1. The molecule has 1 aliphatic rings. The van der Waals surface area contributed by atoms with Crippen molar-refractivity contribution in [1.82, 2.24) is 15.3 Å². The third-order valence-electron chi connectivity index (χ3n) is 6.38. The Balaban J connectivity index is 1.81. The lowest BCUT2D eigenvalue weighted by atomic mass is 9.76. The number of methoxy groups -OCH3 is 1. The Morgan fingerprint density at radius 2 is 1.72 bits per heavy atom. The molecule has 3 rings (SSSR count). The predicted octanol–water partition coefficient (Wildman–Crippen LogP) is 2.03. The summed E-state index contributed by atoms with van der Waals surface area (Å²) >= 11 is 0. The number of rotatable bonds is 11. The first-order chi connectivity index (χ1) is 16.9. The Kier molecular flexibility index (Phi) is 8.65. The lowest BCUT2D eigenvalue weighted by Gasteiger charge is -2.32. The maximum atomic E-state index is 13.5. The molecular formula is C24H32BFN4O6. The molecule has 0 saturated carbocycles. The van der Waals surface area contributed by atoms with E-state index in [9.17, 15) is 14.0 Å². The SMILES string of the molecule is COC[C@H](C(=O)N[C@@H](CCOc1ccc(F)cc1)B1OC(C)(C)C(C)(C)O1)c1nccnc1C(N)=O. The zero-order valence-electron chi connectivity index (χ0n) is 21.1. The smallest absolute Gasteiger partial charge is 0.481 e. The third-order valence-corrected chi connectivity index (χ3v) is 6.38. The van der Waals surface area contributed by atoms with Crippen molar-refractivity contribution < 1.29 is 32.8 Å². The van der Waals surface area contributed by atoms with Gasteiger partial charge in [-0.3, -0.25) is 14.6 Å². The number of carbonyl (C=O) groups excluding carboxylic acids is 2. The van der Waals surface area contributed by atoms with Gasteiger partial charge in [0.25, 0.3) is 5.91 Å². The van der Waals surface area contributed by atoms with Gasteiger partial charge in [0, 0.05) is 25.9 Å². The molecule has 0 unspecified atom stereocenters. The molecule has 2 amide bonds. The molecule has 12 heteroatoms. The van der Waals surface area contributed by atoms with Crippen molar-refractivity contribution in [2.24, 2.45) is 5.73 Å². The van der Waals surface area contributed by atoms with Crippen LogP contribution >= 0.6 is 0 Å². The molecule has 2 atom stereocenters. The van der Waals surface area contributed by atoms with Gasteiger partial charge in [0.05, 0.1) is 36.1 Å². The van der Waals surface area contributed by atoms with Gasteiger partial charge in [-0.25, -0.2) is 9.37 Å². The topological polar surface area (TPSA) is 135 Å². The summed E-state index contributed by atoms with van der Waals surface area (Å²) in [6, 6.07) is 5.64. The number of nitrogens with zero attached hydrogens (tertiary/aromatic N) is 2. The Hall–Kier alpha value is -3.09. The number of aromatic nitrogens is 2. The fourth-order valence-electron chi connectivity index (χ4n) is 3.69. The summed E-state index contributed by atoms with van der Waals surface area (Å²) < 4.78 is 36.5. The number of benzene rings is 1. The van der Waals surface area contributed by atoms with Crippen LogP contribution < -0.4 is 15.8 Å². The van der Waals surface area contributed by atoms with Crippen molar-refractivity contribution in [1.29, 1.82) is 0 Å². The van der Waals surface area contributed by atoms with Gasteiger partial charge in [-0.1, -0.05) is 0 Å². The highest BCUT2D eigenvalue weighted by atomic mass is 19.1. The van der Waals surface area contributed by atoms with E-state index in [1.807, 2.05) is 27.7 Å². The van der Waals surface area contributed by atoms with Crippen molar-refractivity contribution >= 4 is 18.9 Å². The third kappa shape index (κ3) is 6.37. The molecule has 36 heavy (non-hydrogen) atoms. The first kappa shape index (κ1) is 27.5. The van der Waals surface area contributed by atoms with Crippen LogP contribution in [-0.4, -0.2) is 66.4 Å². The molecular weight excluding hydrogens is 470 g/mol. The van der Waals surface area contributed by atoms with Gasteiger partial charge in [-0.15, -0.1) is 0 Å². The molecule has 1 aliphatic heterocycles. The van der Waals surface area contributed by atoms with Crippen LogP contribution in [0.1, 0.15) is 56.2 Å². The summed E-state index contributed by atoms with van der Waals surface area (Å²) in [5.74, 6) is -2.75. The minimum atomic E-state index is -0.964. The molecule has 1 aromatic carbocycles. The monoisotopic (exact) mass is 502 g/mol. The highest BCUT2D eigenvalue weighted by Crippen LogP contribution is 2.38. The first-order valence-corrected chi connectivity index (χ1v) is 11.6. The first-order valence-electron chi connectivity index (χ1n) is 11.6. The summed E-state index contributed by atoms with van der Waals surface area (Å²) in [7, 11) is 0.652. The summed E-state index contributed by atoms with van der Waals surface area (Å²) in [4.78, 5) is 33.5. The number of ether oxygens (including phenoxy) is 2. The Morgan fingerprint density at radius 3 is 2.31 bits per heavy atom. The second-order valence-corrected chi connectivity index (χ2v) is 9.49. The summed E-state index contributed by atoms with van der Waals surface area (Å²) in [5, 5.41) is 2.95. The lowest BCUT2D eigenvalue weighted by Crippen LogP contribution is -2.50. The second-order valence-electron chi connectivity index (χ2n) is 9.49. The summed E-state index contributed by atoms with van der Waals surface area (Å²) in [6.45, 7) is 7.77. The van der Waals surface area contributed by atoms with Gasteiger partial charge in [0.1, 0.15) is 23.2 Å². The van der Waals surface area contributed by atoms with Crippen molar-refractivity contribution in [3.05, 3.63) is 53.9 Å². The molecule has 0 spiro atoms. The average molecular weight is 502 g/mol. The number of hydrogen-bond donors (Lipinski definition) is 2. The standard InChI is InChI=1S/C24H32BFN4O6/c1-23(2)24(3,4)36-25(35-23)18(10-13-34-16-8-6-15(26)7-9-16)30-22(32)17(14-33-5)19-20(21(27)31)29-12-11-28-19/h6-9,11-12,17-18H,10,13-14H2,1-5H3,(H2,27,31)(H,30,32)/t17-,18-/m0/s1. The van der Waals surface area contributed by atoms with Crippen LogP contribution in [0.4, 0.5) is 4.39 Å². The van der Waals surface area contributed by atoms with Crippen LogP contribution in [0.3, 0.4) is 0 Å². The van der Waals surface area contributed by atoms with E-state index < -0.39 is 42.0 Å². The van der Waals surface area contributed by atoms with E-state index in [1.165, 1.54) is 43.8 Å². The Morgan fingerprint density at radius 1 is 1.11 bits per heavy atom. The summed E-state index contributed by atoms with van der Waals surface area (Å²) in [5.41, 5.74) is 4.19. The molecule has 194 valence electrons. The van der Waals surface area contributed by atoms with Gasteiger partial charge in [-0.05, 0) is 52.0 Å².